The maximum atomic E-state index is 13.0. The number of nitrogens with zero attached hydrogens (tertiary/aromatic N) is 4. The average molecular weight is 419 g/mol. The molecule has 4 aromatic rings. The molecule has 0 saturated carbocycles. The molecule has 7 nitrogen and oxygen atoms in total. The lowest BCUT2D eigenvalue weighted by atomic mass is 10.1. The van der Waals surface area contributed by atoms with Crippen molar-refractivity contribution in [2.24, 2.45) is 7.05 Å². The van der Waals surface area contributed by atoms with E-state index in [0.29, 0.717) is 35.5 Å². The van der Waals surface area contributed by atoms with Crippen LogP contribution in [0.5, 0.6) is 0 Å². The van der Waals surface area contributed by atoms with Gasteiger partial charge >= 0.3 is 0 Å². The standard InChI is InChI=1S/C22H22N6OS/c1-27-19(24-25-22(27)30)12-13-23-21(29)18-15-28(14-16-8-4-2-5-9-16)26-20(18)17-10-6-3-7-11-17/h2-11,15H,12-14H2,1H3,(H,23,29)(H,25,30). The Kier molecular flexibility index (Phi) is 5.85. The van der Waals surface area contributed by atoms with Gasteiger partial charge in [0, 0.05) is 31.8 Å². The number of aromatic nitrogens is 5. The Morgan fingerprint density at radius 3 is 2.47 bits per heavy atom. The van der Waals surface area contributed by atoms with Gasteiger partial charge in [-0.05, 0) is 17.8 Å². The highest BCUT2D eigenvalue weighted by atomic mass is 32.1. The van der Waals surface area contributed by atoms with Gasteiger partial charge in [0.2, 0.25) is 0 Å². The van der Waals surface area contributed by atoms with Gasteiger partial charge in [0.25, 0.3) is 5.91 Å². The smallest absolute Gasteiger partial charge is 0.255 e. The van der Waals surface area contributed by atoms with Crippen LogP contribution in [0.25, 0.3) is 11.3 Å². The van der Waals surface area contributed by atoms with Crippen molar-refractivity contribution in [1.29, 1.82) is 0 Å². The third-order valence-corrected chi connectivity index (χ3v) is 5.21. The summed E-state index contributed by atoms with van der Waals surface area (Å²) >= 11 is 5.13. The SMILES string of the molecule is Cn1c(CCNC(=O)c2cn(Cc3ccccc3)nc2-c2ccccc2)n[nH]c1=S. The van der Waals surface area contributed by atoms with Gasteiger partial charge < -0.3 is 9.88 Å². The van der Waals surface area contributed by atoms with Crippen molar-refractivity contribution in [3.63, 3.8) is 0 Å². The van der Waals surface area contributed by atoms with Gasteiger partial charge in [0.05, 0.1) is 12.1 Å². The second-order valence-corrected chi connectivity index (χ2v) is 7.34. The first-order chi connectivity index (χ1) is 14.6. The second kappa shape index (κ2) is 8.87. The number of carbonyl (C=O) groups excluding carboxylic acids is 1. The Morgan fingerprint density at radius 2 is 1.80 bits per heavy atom. The molecule has 2 aromatic carbocycles. The molecule has 30 heavy (non-hydrogen) atoms. The third-order valence-electron chi connectivity index (χ3n) is 4.85. The monoisotopic (exact) mass is 418 g/mol. The molecule has 2 N–H and O–H groups in total. The lowest BCUT2D eigenvalue weighted by molar-refractivity contribution is 0.0954. The Morgan fingerprint density at radius 1 is 1.10 bits per heavy atom. The van der Waals surface area contributed by atoms with Crippen LogP contribution in [-0.4, -0.2) is 37.0 Å². The predicted octanol–water partition coefficient (Wildman–Crippen LogP) is 3.36. The van der Waals surface area contributed by atoms with Gasteiger partial charge in [-0.2, -0.15) is 10.2 Å². The number of amides is 1. The van der Waals surface area contributed by atoms with Crippen LogP contribution in [0.3, 0.4) is 0 Å². The number of nitrogens with one attached hydrogen (secondary N) is 2. The number of aromatic amines is 1. The molecular formula is C22H22N6OS. The van der Waals surface area contributed by atoms with Crippen LogP contribution in [0, 0.1) is 4.77 Å². The predicted molar refractivity (Wildman–Crippen MR) is 118 cm³/mol. The Bertz CT molecular complexity index is 1190. The lowest BCUT2D eigenvalue weighted by Gasteiger charge is -2.05. The van der Waals surface area contributed by atoms with Crippen LogP contribution in [-0.2, 0) is 20.0 Å². The van der Waals surface area contributed by atoms with E-state index in [1.165, 1.54) is 0 Å². The maximum absolute atomic E-state index is 13.0. The Balaban J connectivity index is 1.54. The molecule has 0 aliphatic carbocycles. The summed E-state index contributed by atoms with van der Waals surface area (Å²) in [5.41, 5.74) is 3.25. The van der Waals surface area contributed by atoms with Gasteiger partial charge in [-0.15, -0.1) is 0 Å². The van der Waals surface area contributed by atoms with E-state index in [-0.39, 0.29) is 5.91 Å². The van der Waals surface area contributed by atoms with Crippen LogP contribution in [0.15, 0.2) is 66.9 Å². The highest BCUT2D eigenvalue weighted by molar-refractivity contribution is 7.71. The van der Waals surface area contributed by atoms with Gasteiger partial charge in [0.15, 0.2) is 4.77 Å². The molecule has 0 atom stereocenters. The molecule has 8 heteroatoms. The van der Waals surface area contributed by atoms with E-state index in [4.69, 9.17) is 17.3 Å². The number of hydrogen-bond donors (Lipinski definition) is 2. The molecule has 0 aliphatic rings. The summed E-state index contributed by atoms with van der Waals surface area (Å²) in [6.45, 7) is 1.04. The molecule has 0 unspecified atom stereocenters. The summed E-state index contributed by atoms with van der Waals surface area (Å²) in [5.74, 6) is 0.633. The minimum Gasteiger partial charge on any atom is -0.351 e. The first kappa shape index (κ1) is 19.8. The minimum absolute atomic E-state index is 0.162. The van der Waals surface area contributed by atoms with Gasteiger partial charge in [0.1, 0.15) is 11.5 Å². The minimum atomic E-state index is -0.162. The molecule has 0 bridgehead atoms. The number of rotatable bonds is 7. The van der Waals surface area contributed by atoms with Gasteiger partial charge in [-0.1, -0.05) is 60.7 Å². The van der Waals surface area contributed by atoms with Crippen molar-refractivity contribution in [3.8, 4) is 11.3 Å². The van der Waals surface area contributed by atoms with Crippen LogP contribution >= 0.6 is 12.2 Å². The van der Waals surface area contributed by atoms with Crippen LogP contribution in [0.2, 0.25) is 0 Å². The number of H-pyrrole nitrogens is 1. The van der Waals surface area contributed by atoms with E-state index < -0.39 is 0 Å². The van der Waals surface area contributed by atoms with Crippen molar-refractivity contribution in [1.82, 2.24) is 29.9 Å². The molecule has 0 radical (unpaired) electrons. The van der Waals surface area contributed by atoms with Crippen LogP contribution < -0.4 is 5.32 Å². The second-order valence-electron chi connectivity index (χ2n) is 6.95. The molecule has 152 valence electrons. The Hall–Kier alpha value is -3.52. The van der Waals surface area contributed by atoms with E-state index in [1.54, 1.807) is 10.8 Å². The normalized spacial score (nSPS) is 10.8. The highest BCUT2D eigenvalue weighted by Gasteiger charge is 2.18. The van der Waals surface area contributed by atoms with Crippen molar-refractivity contribution >= 4 is 18.1 Å². The molecule has 0 fully saturated rings. The molecule has 0 aliphatic heterocycles. The number of benzene rings is 2. The van der Waals surface area contributed by atoms with Crippen molar-refractivity contribution in [3.05, 3.63) is 88.6 Å². The fourth-order valence-electron chi connectivity index (χ4n) is 3.23. The fraction of sp³-hybridized carbons (Fsp3) is 0.182. The summed E-state index contributed by atoms with van der Waals surface area (Å²) in [6, 6.07) is 19.8. The summed E-state index contributed by atoms with van der Waals surface area (Å²) in [5, 5.41) is 14.6. The first-order valence-corrected chi connectivity index (χ1v) is 10.1. The van der Waals surface area contributed by atoms with E-state index in [0.717, 1.165) is 17.0 Å². The molecule has 2 aromatic heterocycles. The number of hydrogen-bond acceptors (Lipinski definition) is 4. The quantitative estimate of drug-likeness (QED) is 0.451. The molecular weight excluding hydrogens is 396 g/mol. The fourth-order valence-corrected chi connectivity index (χ4v) is 3.39. The molecule has 0 spiro atoms. The topological polar surface area (TPSA) is 80.5 Å². The largest absolute Gasteiger partial charge is 0.351 e. The summed E-state index contributed by atoms with van der Waals surface area (Å²) in [7, 11) is 1.85. The van der Waals surface area contributed by atoms with E-state index >= 15 is 0 Å². The average Bonchev–Trinajstić information content (AvgIpc) is 3.33. The third kappa shape index (κ3) is 4.38. The van der Waals surface area contributed by atoms with Crippen molar-refractivity contribution in [2.75, 3.05) is 6.54 Å². The lowest BCUT2D eigenvalue weighted by Crippen LogP contribution is -2.26. The van der Waals surface area contributed by atoms with Crippen LogP contribution in [0.1, 0.15) is 21.7 Å². The van der Waals surface area contributed by atoms with Crippen molar-refractivity contribution < 1.29 is 4.79 Å². The molecule has 1 amide bonds. The first-order valence-electron chi connectivity index (χ1n) is 9.67. The zero-order valence-electron chi connectivity index (χ0n) is 16.6. The molecule has 0 saturated heterocycles. The van der Waals surface area contributed by atoms with E-state index in [1.807, 2.05) is 72.4 Å². The van der Waals surface area contributed by atoms with Gasteiger partial charge in [-0.25, -0.2) is 0 Å². The summed E-state index contributed by atoms with van der Waals surface area (Å²) < 4.78 is 4.17. The highest BCUT2D eigenvalue weighted by Crippen LogP contribution is 2.22. The molecule has 4 rings (SSSR count). The maximum Gasteiger partial charge on any atom is 0.255 e. The summed E-state index contributed by atoms with van der Waals surface area (Å²) in [6.07, 6.45) is 2.38. The van der Waals surface area contributed by atoms with Crippen LogP contribution in [0.4, 0.5) is 0 Å². The zero-order valence-corrected chi connectivity index (χ0v) is 17.4. The zero-order chi connectivity index (χ0) is 20.9. The summed E-state index contributed by atoms with van der Waals surface area (Å²) in [4.78, 5) is 13.0. The van der Waals surface area contributed by atoms with E-state index in [2.05, 4.69) is 15.5 Å². The number of carbonyl (C=O) groups is 1. The molecule has 2 heterocycles. The van der Waals surface area contributed by atoms with E-state index in [9.17, 15) is 4.79 Å². The van der Waals surface area contributed by atoms with Gasteiger partial charge in [-0.3, -0.25) is 14.6 Å². The Labute approximate surface area is 179 Å². The van der Waals surface area contributed by atoms with Crippen molar-refractivity contribution in [2.45, 2.75) is 13.0 Å².